The molecule has 26 heavy (non-hydrogen) atoms. The lowest BCUT2D eigenvalue weighted by Gasteiger charge is -2.18. The molecule has 0 saturated carbocycles. The minimum atomic E-state index is -4.45. The van der Waals surface area contributed by atoms with Crippen molar-refractivity contribution in [2.75, 3.05) is 6.66 Å². The number of aromatic nitrogens is 1. The van der Waals surface area contributed by atoms with Gasteiger partial charge in [0, 0.05) is 17.5 Å². The highest BCUT2D eigenvalue weighted by molar-refractivity contribution is 7.79. The number of halogens is 3. The molecule has 1 unspecified atom stereocenters. The van der Waals surface area contributed by atoms with E-state index in [2.05, 4.69) is 10.1 Å². The van der Waals surface area contributed by atoms with Gasteiger partial charge in [0.1, 0.15) is 7.57 Å². The molecular weight excluding hydrogens is 355 g/mol. The molecule has 3 rings (SSSR count). The predicted molar refractivity (Wildman–Crippen MR) is 102 cm³/mol. The lowest BCUT2D eigenvalue weighted by atomic mass is 9.98. The first-order chi connectivity index (χ1) is 12.3. The molecule has 0 spiro atoms. The minimum Gasteiger partial charge on any atom is -0.300 e. The number of nitrogens with zero attached hydrogens (tertiary/aromatic N) is 1. The Morgan fingerprint density at radius 3 is 2.54 bits per heavy atom. The van der Waals surface area contributed by atoms with Crippen LogP contribution in [0.4, 0.5) is 13.2 Å². The number of aryl methyl sites for hydroxylation is 1. The molecule has 2 nitrogen and oxygen atoms in total. The van der Waals surface area contributed by atoms with E-state index in [9.17, 15) is 13.2 Å². The molecule has 0 amide bonds. The van der Waals surface area contributed by atoms with Gasteiger partial charge >= 0.3 is 6.18 Å². The van der Waals surface area contributed by atoms with Crippen molar-refractivity contribution < 1.29 is 13.2 Å². The molecule has 1 N–H and O–H groups in total. The van der Waals surface area contributed by atoms with Gasteiger partial charge in [0.15, 0.2) is 0 Å². The van der Waals surface area contributed by atoms with Gasteiger partial charge in [-0.25, -0.2) is 4.98 Å². The summed E-state index contributed by atoms with van der Waals surface area (Å²) in [5, 5.41) is 4.03. The lowest BCUT2D eigenvalue weighted by molar-refractivity contribution is -0.137. The molecule has 0 aliphatic heterocycles. The Hall–Kier alpha value is -1.91. The Bertz CT molecular complexity index is 942. The molecule has 1 aromatic heterocycles. The van der Waals surface area contributed by atoms with E-state index in [0.717, 1.165) is 17.0 Å². The van der Waals surface area contributed by atoms with E-state index in [-0.39, 0.29) is 5.56 Å². The van der Waals surface area contributed by atoms with Gasteiger partial charge in [-0.05, 0) is 36.8 Å². The predicted octanol–water partition coefficient (Wildman–Crippen LogP) is 5.43. The summed E-state index contributed by atoms with van der Waals surface area (Å²) in [6.07, 6.45) is -4.45. The highest BCUT2D eigenvalue weighted by atomic mass is 31.1. The lowest BCUT2D eigenvalue weighted by Crippen LogP contribution is -2.11. The fourth-order valence-corrected chi connectivity index (χ4v) is 3.32. The van der Waals surface area contributed by atoms with Crippen molar-refractivity contribution in [3.63, 3.8) is 0 Å². The summed E-state index contributed by atoms with van der Waals surface area (Å²) in [5.41, 5.74) is 2.05. The summed E-state index contributed by atoms with van der Waals surface area (Å²) >= 11 is 0. The standard InChI is InChI=1S/C19H17BF3N2P/c1-12-6-5-7-13-10-14(11-24-26(2)20)18(25-17(12)13)15-8-3-4-9-16(15)19(21,22)23/h3-10,24H,11H2,1-2H3. The first-order valence-corrected chi connectivity index (χ1v) is 9.91. The topological polar surface area (TPSA) is 24.9 Å². The van der Waals surface area contributed by atoms with Crippen LogP contribution >= 0.6 is 7.95 Å². The number of benzene rings is 2. The maximum atomic E-state index is 13.5. The number of para-hydroxylation sites is 1. The van der Waals surface area contributed by atoms with Crippen LogP contribution < -0.4 is 5.09 Å². The number of fused-ring (bicyclic) bond motifs is 1. The number of rotatable bonds is 4. The fraction of sp³-hybridized carbons (Fsp3) is 0.211. The maximum Gasteiger partial charge on any atom is 0.417 e. The van der Waals surface area contributed by atoms with Gasteiger partial charge in [-0.1, -0.05) is 44.3 Å². The molecular formula is C19H17BF3N2P. The summed E-state index contributed by atoms with van der Waals surface area (Å²) in [4.78, 5) is 4.62. The minimum absolute atomic E-state index is 0.0828. The average Bonchev–Trinajstić information content (AvgIpc) is 2.59. The van der Waals surface area contributed by atoms with Crippen molar-refractivity contribution in [1.82, 2.24) is 10.1 Å². The first kappa shape index (κ1) is 18.9. The van der Waals surface area contributed by atoms with E-state index in [1.165, 1.54) is 12.1 Å². The van der Waals surface area contributed by atoms with E-state index in [0.29, 0.717) is 23.3 Å². The molecule has 1 heterocycles. The number of pyridine rings is 1. The van der Waals surface area contributed by atoms with Crippen LogP contribution in [0.25, 0.3) is 22.2 Å². The molecule has 0 aliphatic rings. The van der Waals surface area contributed by atoms with Crippen LogP contribution in [-0.4, -0.2) is 19.2 Å². The van der Waals surface area contributed by atoms with Crippen LogP contribution in [0, 0.1) is 6.92 Å². The van der Waals surface area contributed by atoms with Crippen molar-refractivity contribution in [3.05, 3.63) is 65.2 Å². The normalized spacial score (nSPS) is 13.1. The van der Waals surface area contributed by atoms with Gasteiger partial charge in [-0.2, -0.15) is 13.2 Å². The van der Waals surface area contributed by atoms with Crippen LogP contribution in [0.5, 0.6) is 0 Å². The Morgan fingerprint density at radius 1 is 1.12 bits per heavy atom. The number of alkyl halides is 3. The van der Waals surface area contributed by atoms with E-state index in [1.54, 1.807) is 6.07 Å². The fourth-order valence-electron chi connectivity index (χ4n) is 2.91. The third kappa shape index (κ3) is 3.92. The van der Waals surface area contributed by atoms with Crippen LogP contribution in [0.2, 0.25) is 0 Å². The third-order valence-electron chi connectivity index (χ3n) is 4.13. The van der Waals surface area contributed by atoms with Gasteiger partial charge < -0.3 is 5.09 Å². The zero-order valence-electron chi connectivity index (χ0n) is 14.4. The second-order valence-electron chi connectivity index (χ2n) is 6.13. The summed E-state index contributed by atoms with van der Waals surface area (Å²) in [5.74, 6) is 0. The number of hydrogen-bond acceptors (Lipinski definition) is 2. The highest BCUT2D eigenvalue weighted by Crippen LogP contribution is 2.38. The van der Waals surface area contributed by atoms with Gasteiger partial charge in [-0.15, -0.1) is 0 Å². The molecule has 0 saturated heterocycles. The van der Waals surface area contributed by atoms with E-state index in [1.807, 2.05) is 37.9 Å². The molecule has 0 aliphatic carbocycles. The molecule has 3 aromatic rings. The summed E-state index contributed by atoms with van der Waals surface area (Å²) in [6.45, 7) is 4.10. The summed E-state index contributed by atoms with van der Waals surface area (Å²) < 4.78 is 40.5. The van der Waals surface area contributed by atoms with Crippen molar-refractivity contribution in [2.24, 2.45) is 0 Å². The van der Waals surface area contributed by atoms with Crippen LogP contribution in [0.1, 0.15) is 16.7 Å². The Kier molecular flexibility index (Phi) is 5.35. The van der Waals surface area contributed by atoms with Crippen LogP contribution in [-0.2, 0) is 12.7 Å². The molecule has 2 radical (unpaired) electrons. The zero-order chi connectivity index (χ0) is 18.9. The number of nitrogens with one attached hydrogen (secondary N) is 1. The summed E-state index contributed by atoms with van der Waals surface area (Å²) in [6, 6.07) is 13.2. The molecule has 0 bridgehead atoms. The quantitative estimate of drug-likeness (QED) is 0.488. The highest BCUT2D eigenvalue weighted by Gasteiger charge is 2.34. The Balaban J connectivity index is 2.27. The molecule has 7 heteroatoms. The van der Waals surface area contributed by atoms with Crippen LogP contribution in [0.3, 0.4) is 0 Å². The molecule has 0 fully saturated rings. The SMILES string of the molecule is [B]P(C)NCc1cc2cccc(C)c2nc1-c1ccccc1C(F)(F)F. The molecule has 1 atom stereocenters. The van der Waals surface area contributed by atoms with E-state index < -0.39 is 19.7 Å². The largest absolute Gasteiger partial charge is 0.417 e. The second-order valence-corrected chi connectivity index (χ2v) is 7.67. The van der Waals surface area contributed by atoms with Crippen molar-refractivity contribution >= 4 is 26.4 Å². The molecule has 132 valence electrons. The first-order valence-electron chi connectivity index (χ1n) is 8.05. The van der Waals surface area contributed by atoms with Gasteiger partial charge in [0.2, 0.25) is 0 Å². The van der Waals surface area contributed by atoms with E-state index >= 15 is 0 Å². The van der Waals surface area contributed by atoms with E-state index in [4.69, 9.17) is 7.57 Å². The third-order valence-corrected chi connectivity index (χ3v) is 4.79. The average molecular weight is 372 g/mol. The van der Waals surface area contributed by atoms with Crippen LogP contribution in [0.15, 0.2) is 48.5 Å². The Morgan fingerprint density at radius 2 is 1.85 bits per heavy atom. The van der Waals surface area contributed by atoms with Crippen molar-refractivity contribution in [1.29, 1.82) is 0 Å². The monoisotopic (exact) mass is 372 g/mol. The smallest absolute Gasteiger partial charge is 0.300 e. The van der Waals surface area contributed by atoms with Gasteiger partial charge in [0.05, 0.1) is 16.8 Å². The molecule has 2 aromatic carbocycles. The maximum absolute atomic E-state index is 13.5. The second kappa shape index (κ2) is 7.38. The Labute approximate surface area is 153 Å². The number of hydrogen-bond donors (Lipinski definition) is 1. The zero-order valence-corrected chi connectivity index (χ0v) is 15.3. The van der Waals surface area contributed by atoms with Gasteiger partial charge in [0.25, 0.3) is 0 Å². The summed E-state index contributed by atoms with van der Waals surface area (Å²) in [7, 11) is 4.93. The van der Waals surface area contributed by atoms with Crippen molar-refractivity contribution in [2.45, 2.75) is 19.6 Å². The van der Waals surface area contributed by atoms with Gasteiger partial charge in [-0.3, -0.25) is 0 Å². The van der Waals surface area contributed by atoms with Crippen molar-refractivity contribution in [3.8, 4) is 11.3 Å².